The number of hydrogen-bond acceptors (Lipinski definition) is 5. The molecule has 3 heterocycles. The predicted molar refractivity (Wildman–Crippen MR) is 109 cm³/mol. The van der Waals surface area contributed by atoms with Gasteiger partial charge in [0.2, 0.25) is 11.8 Å². The summed E-state index contributed by atoms with van der Waals surface area (Å²) < 4.78 is 0. The molecule has 140 valence electrons. The number of thioether (sulfide) groups is 1. The molecule has 2 saturated heterocycles. The molecule has 2 atom stereocenters. The third-order valence-electron chi connectivity index (χ3n) is 5.88. The highest BCUT2D eigenvalue weighted by atomic mass is 32.2. The van der Waals surface area contributed by atoms with E-state index in [-0.39, 0.29) is 16.7 Å². The summed E-state index contributed by atoms with van der Waals surface area (Å²) in [6, 6.07) is 6.14. The second-order valence-electron chi connectivity index (χ2n) is 7.63. The second kappa shape index (κ2) is 6.34. The summed E-state index contributed by atoms with van der Waals surface area (Å²) in [6.45, 7) is 2.06. The molecular formula is C20H21N3O2S2. The lowest BCUT2D eigenvalue weighted by Gasteiger charge is -2.29. The van der Waals surface area contributed by atoms with E-state index in [1.807, 2.05) is 5.38 Å². The molecule has 2 amide bonds. The zero-order chi connectivity index (χ0) is 18.6. The van der Waals surface area contributed by atoms with Gasteiger partial charge in [-0.2, -0.15) is 0 Å². The first kappa shape index (κ1) is 17.3. The van der Waals surface area contributed by atoms with Crippen molar-refractivity contribution in [3.05, 3.63) is 34.7 Å². The van der Waals surface area contributed by atoms with Crippen LogP contribution in [0.4, 0.5) is 5.13 Å². The van der Waals surface area contributed by atoms with Gasteiger partial charge in [0.05, 0.1) is 10.6 Å². The zero-order valence-electron chi connectivity index (χ0n) is 15.2. The SMILES string of the molecule is C[C@]12CCC(=O)N1[C@@H](C(=O)Nc1nc(-c3ccc4c(c3)CCC4)cs1)CS2. The highest BCUT2D eigenvalue weighted by Crippen LogP contribution is 2.47. The van der Waals surface area contributed by atoms with Gasteiger partial charge in [-0.1, -0.05) is 12.1 Å². The summed E-state index contributed by atoms with van der Waals surface area (Å²) in [5.41, 5.74) is 4.86. The Morgan fingerprint density at radius 3 is 3.04 bits per heavy atom. The molecule has 1 aromatic heterocycles. The molecule has 2 aliphatic heterocycles. The first-order valence-electron chi connectivity index (χ1n) is 9.38. The van der Waals surface area contributed by atoms with E-state index in [1.54, 1.807) is 16.7 Å². The minimum atomic E-state index is -0.401. The Bertz CT molecular complexity index is 941. The first-order valence-corrected chi connectivity index (χ1v) is 11.2. The largest absolute Gasteiger partial charge is 0.315 e. The van der Waals surface area contributed by atoms with Crippen molar-refractivity contribution in [2.45, 2.75) is 49.9 Å². The van der Waals surface area contributed by atoms with Crippen molar-refractivity contribution in [1.82, 2.24) is 9.88 Å². The number of nitrogens with zero attached hydrogens (tertiary/aromatic N) is 2. The topological polar surface area (TPSA) is 62.3 Å². The van der Waals surface area contributed by atoms with Gasteiger partial charge in [0.15, 0.2) is 5.13 Å². The molecule has 1 aliphatic carbocycles. The average Bonchev–Trinajstić information content (AvgIpc) is 3.40. The molecule has 0 radical (unpaired) electrons. The van der Waals surface area contributed by atoms with Crippen LogP contribution < -0.4 is 5.32 Å². The molecule has 3 aliphatic rings. The van der Waals surface area contributed by atoms with Crippen LogP contribution in [0.2, 0.25) is 0 Å². The molecule has 1 N–H and O–H groups in total. The van der Waals surface area contributed by atoms with Crippen LogP contribution in [0, 0.1) is 0 Å². The van der Waals surface area contributed by atoms with Crippen LogP contribution in [0.3, 0.4) is 0 Å². The number of aromatic nitrogens is 1. The van der Waals surface area contributed by atoms with Gasteiger partial charge >= 0.3 is 0 Å². The maximum Gasteiger partial charge on any atom is 0.249 e. The Kier molecular flexibility index (Phi) is 4.05. The fourth-order valence-electron chi connectivity index (χ4n) is 4.40. The number of carbonyl (C=O) groups excluding carboxylic acids is 2. The van der Waals surface area contributed by atoms with Gasteiger partial charge in [-0.15, -0.1) is 23.1 Å². The lowest BCUT2D eigenvalue weighted by Crippen LogP contribution is -2.48. The minimum absolute atomic E-state index is 0.0839. The van der Waals surface area contributed by atoms with Gasteiger partial charge in [-0.25, -0.2) is 4.98 Å². The Morgan fingerprint density at radius 2 is 2.15 bits per heavy atom. The Hall–Kier alpha value is -1.86. The number of hydrogen-bond donors (Lipinski definition) is 1. The molecular weight excluding hydrogens is 378 g/mol. The van der Waals surface area contributed by atoms with E-state index < -0.39 is 6.04 Å². The molecule has 5 rings (SSSR count). The Balaban J connectivity index is 1.32. The van der Waals surface area contributed by atoms with Crippen molar-refractivity contribution in [3.8, 4) is 11.3 Å². The second-order valence-corrected chi connectivity index (χ2v) is 9.99. The number of thiazole rings is 1. The van der Waals surface area contributed by atoms with Crippen molar-refractivity contribution in [2.75, 3.05) is 11.1 Å². The Labute approximate surface area is 166 Å². The first-order chi connectivity index (χ1) is 13.0. The van der Waals surface area contributed by atoms with Gasteiger partial charge in [0, 0.05) is 23.1 Å². The van der Waals surface area contributed by atoms with E-state index in [0.29, 0.717) is 17.3 Å². The lowest BCUT2D eigenvalue weighted by atomic mass is 10.1. The van der Waals surface area contributed by atoms with E-state index in [1.165, 1.54) is 35.3 Å². The number of anilines is 1. The maximum atomic E-state index is 12.8. The number of carbonyl (C=O) groups is 2. The van der Waals surface area contributed by atoms with E-state index in [4.69, 9.17) is 0 Å². The standard InChI is InChI=1S/C20H21N3O2S2/c1-20-8-7-17(24)23(20)16(11-27-20)18(25)22-19-21-15(10-26-19)14-6-5-12-3-2-4-13(12)9-14/h5-6,9-10,16H,2-4,7-8,11H2,1H3,(H,21,22,25)/t16-,20+/m1/s1. The molecule has 1 aromatic carbocycles. The highest BCUT2D eigenvalue weighted by molar-refractivity contribution is 8.01. The van der Waals surface area contributed by atoms with Crippen LogP contribution in [0.15, 0.2) is 23.6 Å². The molecule has 7 heteroatoms. The minimum Gasteiger partial charge on any atom is -0.315 e. The number of aryl methyl sites for hydroxylation is 2. The van der Waals surface area contributed by atoms with Gasteiger partial charge in [-0.05, 0) is 49.8 Å². The van der Waals surface area contributed by atoms with Crippen LogP contribution in [0.1, 0.15) is 37.3 Å². The molecule has 0 saturated carbocycles. The molecule has 5 nitrogen and oxygen atoms in total. The van der Waals surface area contributed by atoms with Gasteiger partial charge in [0.1, 0.15) is 6.04 Å². The van der Waals surface area contributed by atoms with Crippen molar-refractivity contribution in [3.63, 3.8) is 0 Å². The van der Waals surface area contributed by atoms with E-state index in [0.717, 1.165) is 24.1 Å². The highest BCUT2D eigenvalue weighted by Gasteiger charge is 2.52. The molecule has 2 fully saturated rings. The van der Waals surface area contributed by atoms with Crippen LogP contribution in [0.25, 0.3) is 11.3 Å². The number of benzene rings is 1. The number of fused-ring (bicyclic) bond motifs is 2. The van der Waals surface area contributed by atoms with Crippen molar-refractivity contribution in [1.29, 1.82) is 0 Å². The van der Waals surface area contributed by atoms with Crippen LogP contribution in [-0.2, 0) is 22.4 Å². The van der Waals surface area contributed by atoms with Crippen LogP contribution in [-0.4, -0.2) is 38.4 Å². The Morgan fingerprint density at radius 1 is 1.30 bits per heavy atom. The fourth-order valence-corrected chi connectivity index (χ4v) is 6.55. The molecule has 0 bridgehead atoms. The van der Waals surface area contributed by atoms with E-state index in [2.05, 4.69) is 35.4 Å². The molecule has 2 aromatic rings. The van der Waals surface area contributed by atoms with E-state index >= 15 is 0 Å². The maximum absolute atomic E-state index is 12.8. The third kappa shape index (κ3) is 2.88. The summed E-state index contributed by atoms with van der Waals surface area (Å²) in [7, 11) is 0. The molecule has 0 unspecified atom stereocenters. The lowest BCUT2D eigenvalue weighted by molar-refractivity contribution is -0.135. The number of amides is 2. The van der Waals surface area contributed by atoms with Gasteiger partial charge in [-0.3, -0.25) is 9.59 Å². The van der Waals surface area contributed by atoms with Crippen LogP contribution >= 0.6 is 23.1 Å². The van der Waals surface area contributed by atoms with Crippen molar-refractivity contribution >= 4 is 40.0 Å². The smallest absolute Gasteiger partial charge is 0.249 e. The summed E-state index contributed by atoms with van der Waals surface area (Å²) in [5, 5.41) is 5.52. The average molecular weight is 400 g/mol. The fraction of sp³-hybridized carbons (Fsp3) is 0.450. The summed E-state index contributed by atoms with van der Waals surface area (Å²) >= 11 is 3.14. The summed E-state index contributed by atoms with van der Waals surface area (Å²) in [6.07, 6.45) is 4.89. The van der Waals surface area contributed by atoms with Crippen LogP contribution in [0.5, 0.6) is 0 Å². The number of rotatable bonds is 3. The molecule has 0 spiro atoms. The normalized spacial score (nSPS) is 26.3. The van der Waals surface area contributed by atoms with Gasteiger partial charge in [0.25, 0.3) is 0 Å². The zero-order valence-corrected chi connectivity index (χ0v) is 16.8. The van der Waals surface area contributed by atoms with E-state index in [9.17, 15) is 9.59 Å². The third-order valence-corrected chi connectivity index (χ3v) is 8.14. The van der Waals surface area contributed by atoms with Crippen molar-refractivity contribution in [2.24, 2.45) is 0 Å². The summed E-state index contributed by atoms with van der Waals surface area (Å²) in [4.78, 5) is 31.2. The predicted octanol–water partition coefficient (Wildman–Crippen LogP) is 3.69. The molecule has 27 heavy (non-hydrogen) atoms. The summed E-state index contributed by atoms with van der Waals surface area (Å²) in [5.74, 6) is 0.605. The quantitative estimate of drug-likeness (QED) is 0.855. The van der Waals surface area contributed by atoms with Gasteiger partial charge < -0.3 is 10.2 Å². The van der Waals surface area contributed by atoms with Crippen molar-refractivity contribution < 1.29 is 9.59 Å². The number of nitrogens with one attached hydrogen (secondary N) is 1. The monoisotopic (exact) mass is 399 g/mol.